The van der Waals surface area contributed by atoms with E-state index in [4.69, 9.17) is 12.3 Å². The third-order valence-electron chi connectivity index (χ3n) is 2.40. The van der Waals surface area contributed by atoms with Crippen LogP contribution >= 0.6 is 0 Å². The molecule has 2 aromatic rings. The highest BCUT2D eigenvalue weighted by Gasteiger charge is 2.14. The lowest BCUT2D eigenvalue weighted by Crippen LogP contribution is -2.31. The summed E-state index contributed by atoms with van der Waals surface area (Å²) in [6.45, 7) is 0.376. The van der Waals surface area contributed by atoms with E-state index in [-0.39, 0.29) is 47.2 Å². The zero-order chi connectivity index (χ0) is 19.4. The zero-order valence-corrected chi connectivity index (χ0v) is 9.45. The summed E-state index contributed by atoms with van der Waals surface area (Å²) >= 11 is 0. The van der Waals surface area contributed by atoms with Gasteiger partial charge in [-0.3, -0.25) is 0 Å². The number of aromatic nitrogens is 1. The van der Waals surface area contributed by atoms with E-state index in [0.717, 1.165) is 0 Å². The Balaban J connectivity index is 3.03. The molecule has 0 N–H and O–H groups in total. The van der Waals surface area contributed by atoms with Crippen LogP contribution in [0.15, 0.2) is 36.4 Å². The number of rotatable bonds is 1. The highest BCUT2D eigenvalue weighted by molar-refractivity contribution is 5.64. The molecule has 1 aromatic heterocycles. The van der Waals surface area contributed by atoms with E-state index in [1.807, 2.05) is 0 Å². The summed E-state index contributed by atoms with van der Waals surface area (Å²) in [5.74, 6) is 0. The summed E-state index contributed by atoms with van der Waals surface area (Å²) in [5, 5.41) is 0. The molecule has 0 aliphatic rings. The molecular weight excluding hydrogens is 194 g/mol. The van der Waals surface area contributed by atoms with Crippen molar-refractivity contribution in [1.29, 1.82) is 0 Å². The van der Waals surface area contributed by atoms with Gasteiger partial charge in [0.05, 0.1) is 6.85 Å². The molecule has 1 heterocycles. The van der Waals surface area contributed by atoms with E-state index in [2.05, 4.69) is 0 Å². The number of hydrogen-bond donors (Lipinski definition) is 0. The minimum Gasteiger partial charge on any atom is -0.201 e. The fourth-order valence-electron chi connectivity index (χ4n) is 1.66. The summed E-state index contributed by atoms with van der Waals surface area (Å²) in [7, 11) is 1.51. The minimum absolute atomic E-state index is 0.144. The van der Waals surface area contributed by atoms with Gasteiger partial charge in [0.15, 0.2) is 6.17 Å². The van der Waals surface area contributed by atoms with Gasteiger partial charge in [-0.25, -0.2) is 4.57 Å². The summed E-state index contributed by atoms with van der Waals surface area (Å²) < 4.78 is 72.2. The zero-order valence-electron chi connectivity index (χ0n) is 18.4. The Labute approximate surface area is 110 Å². The molecule has 1 heteroatoms. The Morgan fingerprint density at radius 2 is 2.00 bits per heavy atom. The quantitative estimate of drug-likeness (QED) is 0.652. The molecule has 0 aliphatic carbocycles. The molecule has 0 saturated heterocycles. The van der Waals surface area contributed by atoms with Gasteiger partial charge < -0.3 is 0 Å². The molecule has 1 aromatic carbocycles. The molecule has 82 valence electrons. The maximum atomic E-state index is 8.28. The fourth-order valence-corrected chi connectivity index (χ4v) is 1.66. The Kier molecular flexibility index (Phi) is 1.11. The van der Waals surface area contributed by atoms with Crippen LogP contribution in [-0.4, -0.2) is 0 Å². The van der Waals surface area contributed by atoms with Crippen LogP contribution in [0.1, 0.15) is 29.0 Å². The predicted octanol–water partition coefficient (Wildman–Crippen LogP) is 3.10. The predicted molar refractivity (Wildman–Crippen MR) is 67.3 cm³/mol. The lowest BCUT2D eigenvalue weighted by molar-refractivity contribution is -0.660. The maximum Gasteiger partial charge on any atom is 0.215 e. The van der Waals surface area contributed by atoms with Gasteiger partial charge in [-0.1, -0.05) is 17.6 Å². The maximum absolute atomic E-state index is 8.28. The van der Waals surface area contributed by atoms with Crippen molar-refractivity contribution in [1.82, 2.24) is 0 Å². The van der Waals surface area contributed by atoms with E-state index >= 15 is 0 Å². The van der Waals surface area contributed by atoms with Gasteiger partial charge in [-0.05, 0) is 38.3 Å². The normalized spacial score (nSPS) is 19.3. The van der Waals surface area contributed by atoms with Crippen LogP contribution in [0.3, 0.4) is 0 Å². The summed E-state index contributed by atoms with van der Waals surface area (Å²) in [5.41, 5.74) is 0.467. The van der Waals surface area contributed by atoms with Crippen molar-refractivity contribution in [3.63, 3.8) is 0 Å². The number of nitrogens with zero attached hydrogens (tertiary/aromatic N) is 1. The van der Waals surface area contributed by atoms with Crippen LogP contribution in [0, 0.1) is 20.7 Å². The van der Waals surface area contributed by atoms with Crippen LogP contribution in [0.4, 0.5) is 0 Å². The summed E-state index contributed by atoms with van der Waals surface area (Å²) in [6.07, 6.45) is -0.234. The van der Waals surface area contributed by atoms with Crippen molar-refractivity contribution in [2.45, 2.75) is 20.7 Å². The Morgan fingerprint density at radius 1 is 1.19 bits per heavy atom. The highest BCUT2D eigenvalue weighted by atomic mass is 14.9. The third-order valence-corrected chi connectivity index (χ3v) is 2.40. The van der Waals surface area contributed by atoms with E-state index < -0.39 is 18.5 Å². The van der Waals surface area contributed by atoms with Crippen LogP contribution in [0.5, 0.6) is 0 Å². The van der Waals surface area contributed by atoms with Gasteiger partial charge in [0, 0.05) is 21.3 Å². The Morgan fingerprint density at radius 3 is 2.75 bits per heavy atom. The smallest absolute Gasteiger partial charge is 0.201 e. The van der Waals surface area contributed by atoms with Crippen molar-refractivity contribution in [3.8, 4) is 11.3 Å². The van der Waals surface area contributed by atoms with E-state index in [1.165, 1.54) is 18.5 Å². The summed E-state index contributed by atoms with van der Waals surface area (Å²) in [4.78, 5) is 0. The first-order valence-electron chi connectivity index (χ1n) is 9.39. The molecular formula is C15H18N+. The Hall–Kier alpha value is -1.63. The van der Waals surface area contributed by atoms with E-state index in [1.54, 1.807) is 6.92 Å². The molecule has 0 fully saturated rings. The molecule has 0 amide bonds. The van der Waals surface area contributed by atoms with Crippen LogP contribution in [-0.2, 0) is 7.05 Å². The number of benzene rings is 1. The molecule has 0 bridgehead atoms. The van der Waals surface area contributed by atoms with E-state index in [0.29, 0.717) is 5.56 Å². The first-order chi connectivity index (χ1) is 11.3. The molecule has 0 spiro atoms. The fraction of sp³-hybridized carbons (Fsp3) is 0.267. The van der Waals surface area contributed by atoms with Crippen molar-refractivity contribution in [2.75, 3.05) is 0 Å². The average molecular weight is 221 g/mol. The first-order valence-corrected chi connectivity index (χ1v) is 4.89. The van der Waals surface area contributed by atoms with Crippen molar-refractivity contribution < 1.29 is 16.9 Å². The second-order valence-corrected chi connectivity index (χ2v) is 3.64. The minimum atomic E-state index is -2.68. The first kappa shape index (κ1) is 4.33. The second kappa shape index (κ2) is 4.09. The standard InChI is InChI=1S/C15H18N/c1-11-7-8-14(13(3)10-11)15-12(2)6-5-9-16(15)4/h5-10H,1-4H3/q+1/i1D3,5D,6D,7D,8D,9D,10D. The van der Waals surface area contributed by atoms with Crippen molar-refractivity contribution in [3.05, 3.63) is 53.1 Å². The molecule has 2 rings (SSSR count). The molecule has 0 aliphatic heterocycles. The van der Waals surface area contributed by atoms with Gasteiger partial charge in [0.25, 0.3) is 0 Å². The topological polar surface area (TPSA) is 3.88 Å². The highest BCUT2D eigenvalue weighted by Crippen LogP contribution is 2.23. The van der Waals surface area contributed by atoms with Gasteiger partial charge in [-0.15, -0.1) is 0 Å². The number of hydrogen-bond acceptors (Lipinski definition) is 0. The molecule has 0 atom stereocenters. The lowest BCUT2D eigenvalue weighted by atomic mass is 9.99. The van der Waals surface area contributed by atoms with Crippen molar-refractivity contribution in [2.24, 2.45) is 7.05 Å². The second-order valence-electron chi connectivity index (χ2n) is 3.64. The average Bonchev–Trinajstić information content (AvgIpc) is 2.51. The van der Waals surface area contributed by atoms with Crippen molar-refractivity contribution >= 4 is 0 Å². The van der Waals surface area contributed by atoms with Gasteiger partial charge in [0.1, 0.15) is 8.42 Å². The summed E-state index contributed by atoms with van der Waals surface area (Å²) in [6, 6.07) is -1.70. The lowest BCUT2D eigenvalue weighted by Gasteiger charge is -2.07. The monoisotopic (exact) mass is 221 g/mol. The van der Waals surface area contributed by atoms with E-state index in [9.17, 15) is 0 Å². The molecule has 0 unspecified atom stereocenters. The van der Waals surface area contributed by atoms with Crippen LogP contribution < -0.4 is 4.57 Å². The largest absolute Gasteiger partial charge is 0.215 e. The molecule has 0 radical (unpaired) electrons. The van der Waals surface area contributed by atoms with Crippen LogP contribution in [0.2, 0.25) is 0 Å². The van der Waals surface area contributed by atoms with Gasteiger partial charge in [0.2, 0.25) is 5.69 Å². The van der Waals surface area contributed by atoms with Gasteiger partial charge >= 0.3 is 0 Å². The third kappa shape index (κ3) is 1.85. The molecule has 0 saturated carbocycles. The molecule has 1 nitrogen and oxygen atoms in total. The molecule has 16 heavy (non-hydrogen) atoms. The Bertz CT molecular complexity index is 826. The number of pyridine rings is 1. The van der Waals surface area contributed by atoms with Crippen LogP contribution in [0.25, 0.3) is 11.3 Å². The van der Waals surface area contributed by atoms with Gasteiger partial charge in [-0.2, -0.15) is 0 Å². The SMILES string of the molecule is [2H]c1c([2H])c([2H])[n+](C)c(-c2c([2H])c([2H])c(C([2H])([2H])[2H])c([2H])c2C)c1C.